The van der Waals surface area contributed by atoms with Gasteiger partial charge >= 0.3 is 0 Å². The van der Waals surface area contributed by atoms with Gasteiger partial charge in [0.1, 0.15) is 0 Å². The molecule has 10 heavy (non-hydrogen) atoms. The summed E-state index contributed by atoms with van der Waals surface area (Å²) in [4.78, 5) is 10.6. The number of nitrogens with zero attached hydrogens (tertiary/aromatic N) is 1. The Morgan fingerprint density at radius 1 is 1.80 bits per heavy atom. The van der Waals surface area contributed by atoms with Gasteiger partial charge in [-0.2, -0.15) is 5.06 Å². The molecule has 1 aliphatic heterocycles. The molecule has 1 N–H and O–H groups in total. The fourth-order valence-corrected chi connectivity index (χ4v) is 1.98. The molecular weight excluding hydrogens is 150 g/mol. The van der Waals surface area contributed by atoms with E-state index in [0.717, 1.165) is 6.42 Å². The van der Waals surface area contributed by atoms with Gasteiger partial charge in [-0.25, -0.2) is 0 Å². The van der Waals surface area contributed by atoms with Crippen LogP contribution >= 0.6 is 11.8 Å². The highest BCUT2D eigenvalue weighted by Gasteiger charge is 2.22. The van der Waals surface area contributed by atoms with E-state index in [0.29, 0.717) is 18.3 Å². The number of carbonyl (C=O) groups excluding carboxylic acids is 1. The second-order valence-corrected chi connectivity index (χ2v) is 3.91. The number of rotatable bonds is 1. The average Bonchev–Trinajstić information content (AvgIpc) is 2.13. The van der Waals surface area contributed by atoms with Crippen molar-refractivity contribution in [3.8, 4) is 0 Å². The number of carbonyl (C=O) groups is 1. The third-order valence-electron chi connectivity index (χ3n) is 1.46. The lowest BCUT2D eigenvalue weighted by Gasteiger charge is -2.05. The summed E-state index contributed by atoms with van der Waals surface area (Å²) in [6, 6.07) is 0. The van der Waals surface area contributed by atoms with Crippen LogP contribution in [-0.2, 0) is 4.79 Å². The van der Waals surface area contributed by atoms with Crippen molar-refractivity contribution in [2.24, 2.45) is 0 Å². The van der Waals surface area contributed by atoms with Crippen molar-refractivity contribution in [3.05, 3.63) is 0 Å². The van der Waals surface area contributed by atoms with Crippen LogP contribution in [0.25, 0.3) is 0 Å². The minimum absolute atomic E-state index is 0.139. The van der Waals surface area contributed by atoms with Crippen molar-refractivity contribution < 1.29 is 10.0 Å². The maximum Gasteiger partial charge on any atom is 0.186 e. The van der Waals surface area contributed by atoms with Gasteiger partial charge in [0.05, 0.1) is 0 Å². The summed E-state index contributed by atoms with van der Waals surface area (Å²) in [6.07, 6.45) is 0.917. The molecule has 4 heteroatoms. The Kier molecular flexibility index (Phi) is 2.71. The molecule has 0 amide bonds. The molecule has 1 fully saturated rings. The highest BCUT2D eigenvalue weighted by Crippen LogP contribution is 2.21. The third-order valence-corrected chi connectivity index (χ3v) is 2.51. The topological polar surface area (TPSA) is 40.5 Å². The van der Waals surface area contributed by atoms with Crippen molar-refractivity contribution in [1.29, 1.82) is 0 Å². The van der Waals surface area contributed by atoms with Gasteiger partial charge in [0.2, 0.25) is 0 Å². The Bertz CT molecular complexity index is 140. The maximum absolute atomic E-state index is 10.6. The number of hydrogen-bond acceptors (Lipinski definition) is 4. The Balaban J connectivity index is 2.24. The molecule has 0 radical (unpaired) electrons. The Morgan fingerprint density at radius 3 is 2.90 bits per heavy atom. The van der Waals surface area contributed by atoms with E-state index in [1.54, 1.807) is 6.92 Å². The van der Waals surface area contributed by atoms with Crippen molar-refractivity contribution in [3.63, 3.8) is 0 Å². The smallest absolute Gasteiger partial charge is 0.186 e. The molecule has 58 valence electrons. The van der Waals surface area contributed by atoms with E-state index in [2.05, 4.69) is 0 Å². The molecule has 1 rings (SSSR count). The van der Waals surface area contributed by atoms with Gasteiger partial charge in [0.25, 0.3) is 0 Å². The summed E-state index contributed by atoms with van der Waals surface area (Å²) in [5.41, 5.74) is 0. The third kappa shape index (κ3) is 2.28. The molecule has 0 aromatic carbocycles. The van der Waals surface area contributed by atoms with Crippen LogP contribution in [0.1, 0.15) is 13.3 Å². The largest absolute Gasteiger partial charge is 0.314 e. The molecule has 0 unspecified atom stereocenters. The van der Waals surface area contributed by atoms with Gasteiger partial charge in [0, 0.05) is 25.3 Å². The lowest BCUT2D eigenvalue weighted by molar-refractivity contribution is -0.109. The quantitative estimate of drug-likeness (QED) is 0.615. The molecule has 1 aliphatic rings. The Hall–Kier alpha value is -0.0600. The minimum atomic E-state index is 0.139. The van der Waals surface area contributed by atoms with Gasteiger partial charge in [-0.3, -0.25) is 4.79 Å². The van der Waals surface area contributed by atoms with Crippen LogP contribution in [0.2, 0.25) is 0 Å². The van der Waals surface area contributed by atoms with Crippen LogP contribution < -0.4 is 0 Å². The summed E-state index contributed by atoms with van der Waals surface area (Å²) in [6.45, 7) is 2.89. The van der Waals surface area contributed by atoms with Crippen molar-refractivity contribution >= 4 is 16.9 Å². The first-order valence-electron chi connectivity index (χ1n) is 3.29. The first kappa shape index (κ1) is 8.04. The van der Waals surface area contributed by atoms with E-state index >= 15 is 0 Å². The summed E-state index contributed by atoms with van der Waals surface area (Å²) in [5.74, 6) is 0. The highest BCUT2D eigenvalue weighted by atomic mass is 32.2. The van der Waals surface area contributed by atoms with E-state index < -0.39 is 0 Å². The number of hydroxylamine groups is 2. The molecule has 1 heterocycles. The molecule has 0 bridgehead atoms. The fraction of sp³-hybridized carbons (Fsp3) is 0.833. The zero-order chi connectivity index (χ0) is 7.56. The molecule has 1 atom stereocenters. The van der Waals surface area contributed by atoms with E-state index in [-0.39, 0.29) is 5.12 Å². The molecular formula is C6H11NO2S. The lowest BCUT2D eigenvalue weighted by atomic mass is 10.4. The molecule has 3 nitrogen and oxygen atoms in total. The summed E-state index contributed by atoms with van der Waals surface area (Å²) >= 11 is 1.33. The van der Waals surface area contributed by atoms with Crippen molar-refractivity contribution in [2.75, 3.05) is 13.1 Å². The molecule has 1 saturated heterocycles. The first-order valence-corrected chi connectivity index (χ1v) is 4.17. The monoisotopic (exact) mass is 161 g/mol. The van der Waals surface area contributed by atoms with Crippen molar-refractivity contribution in [1.82, 2.24) is 5.06 Å². The predicted molar refractivity (Wildman–Crippen MR) is 40.0 cm³/mol. The van der Waals surface area contributed by atoms with Gasteiger partial charge < -0.3 is 5.21 Å². The van der Waals surface area contributed by atoms with Gasteiger partial charge in [-0.1, -0.05) is 11.8 Å². The maximum atomic E-state index is 10.6. The van der Waals surface area contributed by atoms with Crippen LogP contribution in [0.15, 0.2) is 0 Å². The molecule has 0 aliphatic carbocycles. The molecule has 0 spiro atoms. The zero-order valence-electron chi connectivity index (χ0n) is 5.91. The van der Waals surface area contributed by atoms with Crippen LogP contribution in [0.4, 0.5) is 0 Å². The standard InChI is InChI=1S/C6H11NO2S/c1-5(8)10-6-2-3-7(9)4-6/h6,9H,2-4H2,1H3/t6-/m0/s1. The minimum Gasteiger partial charge on any atom is -0.314 e. The second kappa shape index (κ2) is 3.37. The number of thioether (sulfide) groups is 1. The summed E-state index contributed by atoms with van der Waals surface area (Å²) < 4.78 is 0. The van der Waals surface area contributed by atoms with Gasteiger partial charge in [-0.05, 0) is 6.42 Å². The van der Waals surface area contributed by atoms with E-state index in [1.165, 1.54) is 16.8 Å². The van der Waals surface area contributed by atoms with Gasteiger partial charge in [0.15, 0.2) is 5.12 Å². The predicted octanol–water partition coefficient (Wildman–Crippen LogP) is 0.730. The van der Waals surface area contributed by atoms with Crippen LogP contribution in [0.5, 0.6) is 0 Å². The van der Waals surface area contributed by atoms with Crippen LogP contribution in [0.3, 0.4) is 0 Å². The van der Waals surface area contributed by atoms with Crippen LogP contribution in [-0.4, -0.2) is 33.7 Å². The molecule has 0 aromatic rings. The molecule has 0 aromatic heterocycles. The number of hydrogen-bond donors (Lipinski definition) is 1. The Morgan fingerprint density at radius 2 is 2.50 bits per heavy atom. The van der Waals surface area contributed by atoms with Crippen molar-refractivity contribution in [2.45, 2.75) is 18.6 Å². The second-order valence-electron chi connectivity index (χ2n) is 2.43. The first-order chi connectivity index (χ1) is 4.68. The SMILES string of the molecule is CC(=O)S[C@H]1CCN(O)C1. The average molecular weight is 161 g/mol. The summed E-state index contributed by atoms with van der Waals surface area (Å²) in [5, 5.41) is 10.6. The Labute approximate surface area is 64.4 Å². The fourth-order valence-electron chi connectivity index (χ4n) is 1.04. The summed E-state index contributed by atoms with van der Waals surface area (Å²) in [7, 11) is 0. The van der Waals surface area contributed by atoms with E-state index in [9.17, 15) is 4.79 Å². The molecule has 0 saturated carbocycles. The van der Waals surface area contributed by atoms with Gasteiger partial charge in [-0.15, -0.1) is 0 Å². The highest BCUT2D eigenvalue weighted by molar-refractivity contribution is 8.14. The lowest BCUT2D eigenvalue weighted by Crippen LogP contribution is -2.16. The van der Waals surface area contributed by atoms with E-state index in [4.69, 9.17) is 5.21 Å². The van der Waals surface area contributed by atoms with Crippen LogP contribution in [0, 0.1) is 0 Å². The normalized spacial score (nSPS) is 27.2. The van der Waals surface area contributed by atoms with E-state index in [1.807, 2.05) is 0 Å². The zero-order valence-corrected chi connectivity index (χ0v) is 6.73.